The van der Waals surface area contributed by atoms with Crippen LogP contribution in [0.1, 0.15) is 46.0 Å². The molecule has 0 aliphatic carbocycles. The van der Waals surface area contributed by atoms with E-state index in [9.17, 15) is 9.59 Å². The van der Waals surface area contributed by atoms with Gasteiger partial charge in [-0.2, -0.15) is 0 Å². The summed E-state index contributed by atoms with van der Waals surface area (Å²) in [5.74, 6) is -1.87. The number of aliphatic hydroxyl groups is 2. The summed E-state index contributed by atoms with van der Waals surface area (Å²) in [4.78, 5) is 19.2. The molecule has 124 valence electrons. The van der Waals surface area contributed by atoms with Crippen LogP contribution < -0.4 is 0 Å². The molecule has 0 amide bonds. The van der Waals surface area contributed by atoms with Crippen LogP contribution in [0.2, 0.25) is 0 Å². The van der Waals surface area contributed by atoms with E-state index in [1.54, 1.807) is 0 Å². The first kappa shape index (κ1) is 24.4. The van der Waals surface area contributed by atoms with Crippen molar-refractivity contribution in [1.82, 2.24) is 0 Å². The number of hydrogen-bond donors (Lipinski definition) is 4. The molecule has 6 heteroatoms. The molecule has 0 bridgehead atoms. The highest BCUT2D eigenvalue weighted by Crippen LogP contribution is 2.00. The first-order valence-electron chi connectivity index (χ1n) is 6.70. The summed E-state index contributed by atoms with van der Waals surface area (Å²) in [6, 6.07) is 0. The molecule has 0 radical (unpaired) electrons. The average molecular weight is 304 g/mol. The quantitative estimate of drug-likeness (QED) is 0.404. The lowest BCUT2D eigenvalue weighted by atomic mass is 10.2. The number of aliphatic hydroxyl groups excluding tert-OH is 2. The average Bonchev–Trinajstić information content (AvgIpc) is 2.40. The number of hydrogen-bond acceptors (Lipinski definition) is 4. The van der Waals surface area contributed by atoms with E-state index in [1.165, 1.54) is 13.8 Å². The molecule has 0 aliphatic rings. The van der Waals surface area contributed by atoms with Crippen molar-refractivity contribution in [1.29, 1.82) is 0 Å². The van der Waals surface area contributed by atoms with Gasteiger partial charge < -0.3 is 20.4 Å². The predicted octanol–water partition coefficient (Wildman–Crippen LogP) is 2.22. The van der Waals surface area contributed by atoms with E-state index in [1.807, 2.05) is 0 Å². The minimum Gasteiger partial charge on any atom is -0.478 e. The number of carbonyl (C=O) groups is 2. The molecule has 0 saturated carbocycles. The normalized spacial score (nSPS) is 8.57. The second-order valence-electron chi connectivity index (χ2n) is 4.39. The molecular weight excluding hydrogens is 276 g/mol. The SMILES string of the molecule is C=C(C)C(=O)O.C=C(C)C(=O)O.OCCCCCCCO. The summed E-state index contributed by atoms with van der Waals surface area (Å²) in [6.45, 7) is 9.81. The van der Waals surface area contributed by atoms with E-state index in [0.29, 0.717) is 13.2 Å². The van der Waals surface area contributed by atoms with Crippen molar-refractivity contribution in [2.24, 2.45) is 0 Å². The minimum atomic E-state index is -0.935. The fraction of sp³-hybridized carbons (Fsp3) is 0.600. The van der Waals surface area contributed by atoms with Crippen molar-refractivity contribution in [3.8, 4) is 0 Å². The summed E-state index contributed by atoms with van der Waals surface area (Å²) in [5.41, 5.74) is 0.352. The van der Waals surface area contributed by atoms with Gasteiger partial charge in [-0.3, -0.25) is 0 Å². The molecular formula is C15H28O6. The van der Waals surface area contributed by atoms with Crippen molar-refractivity contribution >= 4 is 11.9 Å². The molecule has 0 atom stereocenters. The number of aliphatic carboxylic acids is 2. The second kappa shape index (κ2) is 18.3. The summed E-state index contributed by atoms with van der Waals surface area (Å²) < 4.78 is 0. The predicted molar refractivity (Wildman–Crippen MR) is 82.2 cm³/mol. The van der Waals surface area contributed by atoms with E-state index in [0.717, 1.165) is 32.1 Å². The van der Waals surface area contributed by atoms with Crippen LogP contribution in [0.3, 0.4) is 0 Å². The number of carboxylic acid groups (broad SMARTS) is 2. The molecule has 0 spiro atoms. The third-order valence-electron chi connectivity index (χ3n) is 2.05. The third-order valence-corrected chi connectivity index (χ3v) is 2.05. The summed E-state index contributed by atoms with van der Waals surface area (Å²) in [6.07, 6.45) is 5.14. The fourth-order valence-corrected chi connectivity index (χ4v) is 0.754. The van der Waals surface area contributed by atoms with Gasteiger partial charge in [0.15, 0.2) is 0 Å². The van der Waals surface area contributed by atoms with Crippen LogP contribution in [0.25, 0.3) is 0 Å². The summed E-state index contributed by atoms with van der Waals surface area (Å²) in [5, 5.41) is 32.5. The Morgan fingerprint density at radius 3 is 1.05 bits per heavy atom. The van der Waals surface area contributed by atoms with Gasteiger partial charge in [-0.05, 0) is 26.7 Å². The van der Waals surface area contributed by atoms with Crippen molar-refractivity contribution < 1.29 is 30.0 Å². The van der Waals surface area contributed by atoms with Crippen LogP contribution in [0.15, 0.2) is 24.3 Å². The summed E-state index contributed by atoms with van der Waals surface area (Å²) in [7, 11) is 0. The third kappa shape index (κ3) is 32.2. The van der Waals surface area contributed by atoms with Crippen molar-refractivity contribution in [2.75, 3.05) is 13.2 Å². The number of unbranched alkanes of at least 4 members (excludes halogenated alkanes) is 4. The molecule has 6 nitrogen and oxygen atoms in total. The van der Waals surface area contributed by atoms with Gasteiger partial charge in [0.1, 0.15) is 0 Å². The maximum atomic E-state index is 9.60. The zero-order valence-corrected chi connectivity index (χ0v) is 13.0. The van der Waals surface area contributed by atoms with E-state index < -0.39 is 11.9 Å². The van der Waals surface area contributed by atoms with Crippen LogP contribution in [-0.2, 0) is 9.59 Å². The van der Waals surface area contributed by atoms with Gasteiger partial charge in [-0.25, -0.2) is 9.59 Å². The monoisotopic (exact) mass is 304 g/mol. The Balaban J connectivity index is -0.000000240. The van der Waals surface area contributed by atoms with Crippen LogP contribution in [0, 0.1) is 0 Å². The van der Waals surface area contributed by atoms with Crippen LogP contribution >= 0.6 is 0 Å². The lowest BCUT2D eigenvalue weighted by Crippen LogP contribution is -1.92. The van der Waals surface area contributed by atoms with Gasteiger partial charge in [-0.15, -0.1) is 0 Å². The molecule has 0 rings (SSSR count). The largest absolute Gasteiger partial charge is 0.478 e. The van der Waals surface area contributed by atoms with Gasteiger partial charge in [0, 0.05) is 24.4 Å². The fourth-order valence-electron chi connectivity index (χ4n) is 0.754. The Labute approximate surface area is 126 Å². The van der Waals surface area contributed by atoms with Crippen LogP contribution in [-0.4, -0.2) is 45.6 Å². The smallest absolute Gasteiger partial charge is 0.330 e. The maximum absolute atomic E-state index is 9.60. The molecule has 0 aromatic heterocycles. The topological polar surface area (TPSA) is 115 Å². The Kier molecular flexibility index (Phi) is 21.3. The Morgan fingerprint density at radius 1 is 0.714 bits per heavy atom. The van der Waals surface area contributed by atoms with Gasteiger partial charge in [0.2, 0.25) is 0 Å². The van der Waals surface area contributed by atoms with E-state index >= 15 is 0 Å². The lowest BCUT2D eigenvalue weighted by Gasteiger charge is -1.95. The standard InChI is InChI=1S/C7H16O2.2C4H6O2/c8-6-4-2-1-3-5-7-9;2*1-3(2)4(5)6/h8-9H,1-7H2;2*1H2,2H3,(H,5,6). The van der Waals surface area contributed by atoms with E-state index in [-0.39, 0.29) is 11.1 Å². The second-order valence-corrected chi connectivity index (χ2v) is 4.39. The summed E-state index contributed by atoms with van der Waals surface area (Å²) >= 11 is 0. The number of carboxylic acids is 2. The molecule has 0 heterocycles. The molecule has 0 unspecified atom stereocenters. The van der Waals surface area contributed by atoms with Crippen molar-refractivity contribution in [3.05, 3.63) is 24.3 Å². The highest BCUT2D eigenvalue weighted by atomic mass is 16.4. The molecule has 0 aromatic rings. The molecule has 0 saturated heterocycles. The minimum absolute atomic E-state index is 0.176. The van der Waals surface area contributed by atoms with Crippen LogP contribution in [0.5, 0.6) is 0 Å². The van der Waals surface area contributed by atoms with Gasteiger partial charge in [0.25, 0.3) is 0 Å². The molecule has 4 N–H and O–H groups in total. The Hall–Kier alpha value is -1.66. The molecule has 21 heavy (non-hydrogen) atoms. The highest BCUT2D eigenvalue weighted by molar-refractivity contribution is 5.85. The molecule has 0 aromatic carbocycles. The van der Waals surface area contributed by atoms with Gasteiger partial charge >= 0.3 is 11.9 Å². The van der Waals surface area contributed by atoms with E-state index in [4.69, 9.17) is 20.4 Å². The van der Waals surface area contributed by atoms with Gasteiger partial charge in [-0.1, -0.05) is 32.4 Å². The van der Waals surface area contributed by atoms with Crippen molar-refractivity contribution in [2.45, 2.75) is 46.0 Å². The van der Waals surface area contributed by atoms with Crippen molar-refractivity contribution in [3.63, 3.8) is 0 Å². The highest BCUT2D eigenvalue weighted by Gasteiger charge is 1.90. The van der Waals surface area contributed by atoms with Gasteiger partial charge in [0.05, 0.1) is 0 Å². The Bertz CT molecular complexity index is 255. The molecule has 0 fully saturated rings. The zero-order valence-electron chi connectivity index (χ0n) is 13.0. The van der Waals surface area contributed by atoms with Crippen LogP contribution in [0.4, 0.5) is 0 Å². The lowest BCUT2D eigenvalue weighted by molar-refractivity contribution is -0.133. The maximum Gasteiger partial charge on any atom is 0.330 e. The molecule has 0 aliphatic heterocycles. The van der Waals surface area contributed by atoms with E-state index in [2.05, 4.69) is 13.2 Å². The first-order chi connectivity index (χ1) is 9.70. The first-order valence-corrected chi connectivity index (χ1v) is 6.70. The number of rotatable bonds is 8. The Morgan fingerprint density at radius 2 is 0.905 bits per heavy atom. The zero-order chi connectivity index (χ0) is 17.3.